The molecule has 0 aliphatic carbocycles. The number of primary amides is 1. The average molecular weight is 471 g/mol. The van der Waals surface area contributed by atoms with Crippen LogP contribution in [0.5, 0.6) is 0 Å². The fourth-order valence-electron chi connectivity index (χ4n) is 4.08. The van der Waals surface area contributed by atoms with Gasteiger partial charge in [0.05, 0.1) is 0 Å². The number of carbonyl (C=O) groups is 1. The number of hydrogen-bond donors (Lipinski definition) is 3. The summed E-state index contributed by atoms with van der Waals surface area (Å²) in [5.74, 6) is 1.53. The Morgan fingerprint density at radius 2 is 2.06 bits per heavy atom. The Bertz CT molecular complexity index is 968. The van der Waals surface area contributed by atoms with E-state index in [1.165, 1.54) is 0 Å². The van der Waals surface area contributed by atoms with Crippen LogP contribution in [0.3, 0.4) is 0 Å². The molecule has 3 rings (SSSR count). The monoisotopic (exact) mass is 470 g/mol. The highest BCUT2D eigenvalue weighted by molar-refractivity contribution is 5.94. The van der Waals surface area contributed by atoms with Crippen molar-refractivity contribution >= 4 is 29.4 Å². The third-order valence-electron chi connectivity index (χ3n) is 5.80. The van der Waals surface area contributed by atoms with Gasteiger partial charge in [-0.1, -0.05) is 19.9 Å². The molecular formula is C24H38N8O2. The van der Waals surface area contributed by atoms with E-state index in [-0.39, 0.29) is 6.04 Å². The molecule has 10 heteroatoms. The van der Waals surface area contributed by atoms with Crippen LogP contribution in [-0.2, 0) is 4.74 Å². The molecule has 0 saturated carbocycles. The largest absolute Gasteiger partial charge is 0.385 e. The summed E-state index contributed by atoms with van der Waals surface area (Å²) in [7, 11) is 3.72. The third-order valence-corrected chi connectivity index (χ3v) is 5.80. The number of methoxy groups -OCH3 is 1. The van der Waals surface area contributed by atoms with Gasteiger partial charge in [-0.3, -0.25) is 4.79 Å². The first-order valence-electron chi connectivity index (χ1n) is 11.9. The molecule has 1 saturated heterocycles. The van der Waals surface area contributed by atoms with E-state index in [0.717, 1.165) is 56.9 Å². The summed E-state index contributed by atoms with van der Waals surface area (Å²) in [6.45, 7) is 10.9. The average Bonchev–Trinajstić information content (AvgIpc) is 3.21. The van der Waals surface area contributed by atoms with Crippen molar-refractivity contribution in [3.8, 4) is 0 Å². The van der Waals surface area contributed by atoms with Gasteiger partial charge >= 0.3 is 0 Å². The van der Waals surface area contributed by atoms with Crippen LogP contribution in [0.2, 0.25) is 0 Å². The van der Waals surface area contributed by atoms with Gasteiger partial charge in [0.25, 0.3) is 0 Å². The van der Waals surface area contributed by atoms with E-state index in [1.807, 2.05) is 24.9 Å². The molecule has 1 aromatic heterocycles. The Balaban J connectivity index is 1.81. The summed E-state index contributed by atoms with van der Waals surface area (Å²) in [5.41, 5.74) is 7.58. The number of aromatic nitrogens is 3. The van der Waals surface area contributed by atoms with Gasteiger partial charge in [-0.05, 0) is 43.4 Å². The number of aryl methyl sites for hydroxylation is 1. The van der Waals surface area contributed by atoms with Crippen molar-refractivity contribution in [2.45, 2.75) is 39.7 Å². The van der Waals surface area contributed by atoms with Crippen molar-refractivity contribution in [1.82, 2.24) is 19.9 Å². The zero-order valence-electron chi connectivity index (χ0n) is 21.0. The Morgan fingerprint density at radius 1 is 1.29 bits per heavy atom. The summed E-state index contributed by atoms with van der Waals surface area (Å²) in [6, 6.07) is 5.55. The van der Waals surface area contributed by atoms with E-state index in [9.17, 15) is 4.79 Å². The molecular weight excluding hydrogens is 432 g/mol. The number of ether oxygens (including phenoxy) is 1. The van der Waals surface area contributed by atoms with E-state index in [1.54, 1.807) is 19.2 Å². The lowest BCUT2D eigenvalue weighted by Crippen LogP contribution is -2.29. The van der Waals surface area contributed by atoms with E-state index < -0.39 is 5.91 Å². The van der Waals surface area contributed by atoms with E-state index in [2.05, 4.69) is 39.3 Å². The second kappa shape index (κ2) is 11.9. The zero-order valence-corrected chi connectivity index (χ0v) is 21.0. The molecule has 2 aromatic rings. The molecule has 34 heavy (non-hydrogen) atoms. The van der Waals surface area contributed by atoms with Crippen LogP contribution >= 0.6 is 0 Å². The van der Waals surface area contributed by atoms with Crippen molar-refractivity contribution < 1.29 is 9.53 Å². The number of likely N-dealkylation sites (tertiary alicyclic amines) is 1. The summed E-state index contributed by atoms with van der Waals surface area (Å²) in [6.07, 6.45) is 2.05. The van der Waals surface area contributed by atoms with E-state index in [0.29, 0.717) is 29.3 Å². The number of hydrogen-bond acceptors (Lipinski definition) is 9. The Hall–Kier alpha value is -2.98. The van der Waals surface area contributed by atoms with Gasteiger partial charge < -0.3 is 30.9 Å². The minimum atomic E-state index is -0.477. The number of anilines is 4. The highest BCUT2D eigenvalue weighted by Crippen LogP contribution is 2.23. The van der Waals surface area contributed by atoms with E-state index in [4.69, 9.17) is 15.5 Å². The number of benzene rings is 1. The Morgan fingerprint density at radius 3 is 2.76 bits per heavy atom. The molecule has 2 heterocycles. The van der Waals surface area contributed by atoms with E-state index >= 15 is 0 Å². The molecule has 0 radical (unpaired) electrons. The van der Waals surface area contributed by atoms with Gasteiger partial charge in [-0.25, -0.2) is 0 Å². The molecule has 186 valence electrons. The van der Waals surface area contributed by atoms with Crippen LogP contribution < -0.4 is 21.3 Å². The molecule has 4 N–H and O–H groups in total. The van der Waals surface area contributed by atoms with Gasteiger partial charge in [0.1, 0.15) is 0 Å². The number of carbonyl (C=O) groups excluding carboxylic acids is 1. The van der Waals surface area contributed by atoms with Crippen LogP contribution in [0.4, 0.5) is 23.5 Å². The minimum Gasteiger partial charge on any atom is -0.385 e. The fraction of sp³-hybridized carbons (Fsp3) is 0.583. The normalized spacial score (nSPS) is 16.1. The predicted molar refractivity (Wildman–Crippen MR) is 136 cm³/mol. The van der Waals surface area contributed by atoms with Gasteiger partial charge in [0, 0.05) is 64.2 Å². The maximum absolute atomic E-state index is 11.6. The number of nitrogens with zero attached hydrogens (tertiary/aromatic N) is 5. The maximum Gasteiger partial charge on any atom is 0.248 e. The Labute approximate surface area is 202 Å². The van der Waals surface area contributed by atoms with Crippen molar-refractivity contribution in [1.29, 1.82) is 0 Å². The first-order chi connectivity index (χ1) is 16.2. The summed E-state index contributed by atoms with van der Waals surface area (Å²) >= 11 is 0. The molecule has 1 aliphatic heterocycles. The molecule has 1 aliphatic rings. The molecule has 1 atom stereocenters. The van der Waals surface area contributed by atoms with Crippen molar-refractivity contribution in [2.75, 3.05) is 62.5 Å². The van der Waals surface area contributed by atoms with Crippen molar-refractivity contribution in [2.24, 2.45) is 11.7 Å². The first-order valence-corrected chi connectivity index (χ1v) is 11.9. The molecule has 0 bridgehead atoms. The van der Waals surface area contributed by atoms with Crippen molar-refractivity contribution in [3.05, 3.63) is 29.3 Å². The summed E-state index contributed by atoms with van der Waals surface area (Å²) < 4.78 is 5.17. The number of amides is 1. The smallest absolute Gasteiger partial charge is 0.248 e. The summed E-state index contributed by atoms with van der Waals surface area (Å²) in [5, 5.41) is 6.77. The number of nitrogens with two attached hydrogens (primary N) is 1. The topological polar surface area (TPSA) is 122 Å². The molecule has 1 aromatic carbocycles. The quantitative estimate of drug-likeness (QED) is 0.402. The van der Waals surface area contributed by atoms with Gasteiger partial charge in [-0.15, -0.1) is 0 Å². The minimum absolute atomic E-state index is 0.265. The lowest BCUT2D eigenvalue weighted by atomic mass is 10.1. The first kappa shape index (κ1) is 25.6. The third kappa shape index (κ3) is 7.26. The van der Waals surface area contributed by atoms with Crippen LogP contribution in [-0.4, -0.2) is 78.7 Å². The maximum atomic E-state index is 11.6. The van der Waals surface area contributed by atoms with Gasteiger partial charge in [0.2, 0.25) is 23.8 Å². The molecule has 1 unspecified atom stereocenters. The molecule has 1 amide bonds. The van der Waals surface area contributed by atoms with Crippen molar-refractivity contribution in [3.63, 3.8) is 0 Å². The highest BCUT2D eigenvalue weighted by Gasteiger charge is 2.23. The fourth-order valence-corrected chi connectivity index (χ4v) is 4.08. The van der Waals surface area contributed by atoms with Crippen LogP contribution in [0, 0.1) is 12.8 Å². The Kier molecular flexibility index (Phi) is 9.00. The highest BCUT2D eigenvalue weighted by atomic mass is 16.5. The number of rotatable bonds is 12. The zero-order chi connectivity index (χ0) is 24.7. The van der Waals surface area contributed by atoms with Gasteiger partial charge in [0.15, 0.2) is 0 Å². The van der Waals surface area contributed by atoms with Crippen LogP contribution in [0.1, 0.15) is 42.6 Å². The SMILES string of the molecule is COCCCN1CCC(Nc2nc(Nc3cc(C(N)=O)ccc3C)nc(N(C)CC(C)C)n2)C1. The lowest BCUT2D eigenvalue weighted by molar-refractivity contribution is 0.100. The molecule has 10 nitrogen and oxygen atoms in total. The molecule has 1 fully saturated rings. The standard InChI is InChI=1S/C24H38N8O2/c1-16(2)14-31(4)24-29-22(26-19-9-11-32(15-19)10-6-12-34-5)28-23(30-24)27-20-13-18(21(25)33)8-7-17(20)3/h7-8,13,16,19H,6,9-12,14-15H2,1-5H3,(H2,25,33)(H2,26,27,28,29,30). The van der Waals surface area contributed by atoms with Crippen LogP contribution in [0.25, 0.3) is 0 Å². The second-order valence-electron chi connectivity index (χ2n) is 9.35. The lowest BCUT2D eigenvalue weighted by Gasteiger charge is -2.22. The van der Waals surface area contributed by atoms with Crippen LogP contribution in [0.15, 0.2) is 18.2 Å². The molecule has 0 spiro atoms. The van der Waals surface area contributed by atoms with Gasteiger partial charge in [-0.2, -0.15) is 15.0 Å². The number of nitrogens with one attached hydrogen (secondary N) is 2. The summed E-state index contributed by atoms with van der Waals surface area (Å²) in [4.78, 5) is 30.1. The second-order valence-corrected chi connectivity index (χ2v) is 9.35. The predicted octanol–water partition coefficient (Wildman–Crippen LogP) is 2.64.